The van der Waals surface area contributed by atoms with Crippen LogP contribution in [0.2, 0.25) is 0 Å². The molecule has 0 atom stereocenters. The molecule has 0 saturated heterocycles. The van der Waals surface area contributed by atoms with Crippen LogP contribution in [-0.4, -0.2) is 0 Å². The largest absolute Gasteiger partial charge is 0.135 e. The van der Waals surface area contributed by atoms with E-state index in [1.165, 1.54) is 106 Å². The van der Waals surface area contributed by atoms with E-state index >= 15 is 0 Å². The summed E-state index contributed by atoms with van der Waals surface area (Å²) in [5.74, 6) is 0. The van der Waals surface area contributed by atoms with Crippen LogP contribution < -0.4 is 0 Å². The van der Waals surface area contributed by atoms with E-state index in [1.54, 1.807) is 0 Å². The van der Waals surface area contributed by atoms with Crippen molar-refractivity contribution in [2.75, 3.05) is 0 Å². The number of fused-ring (bicyclic) bond motifs is 10. The minimum Gasteiger partial charge on any atom is -0.135 e. The van der Waals surface area contributed by atoms with Crippen molar-refractivity contribution >= 4 is 95.3 Å². The first kappa shape index (κ1) is 28.1. The number of hydrogen-bond acceptors (Lipinski definition) is 2. The summed E-state index contributed by atoms with van der Waals surface area (Å²) in [6.45, 7) is 0. The van der Waals surface area contributed by atoms with Gasteiger partial charge in [0.2, 0.25) is 0 Å². The second kappa shape index (κ2) is 10.9. The molecule has 0 N–H and O–H groups in total. The molecule has 0 aliphatic heterocycles. The minimum atomic E-state index is 1.25. The highest BCUT2D eigenvalue weighted by Crippen LogP contribution is 2.48. The molecule has 50 heavy (non-hydrogen) atoms. The van der Waals surface area contributed by atoms with Crippen LogP contribution in [0.25, 0.3) is 106 Å². The number of thiophene rings is 2. The number of hydrogen-bond donors (Lipinski definition) is 0. The van der Waals surface area contributed by atoms with Crippen molar-refractivity contribution in [1.82, 2.24) is 0 Å². The van der Waals surface area contributed by atoms with Crippen molar-refractivity contribution in [3.8, 4) is 33.4 Å². The fourth-order valence-corrected chi connectivity index (χ4v) is 10.8. The van der Waals surface area contributed by atoms with Gasteiger partial charge in [-0.15, -0.1) is 22.7 Å². The standard InChI is InChI=1S/C48H28S2/c1-2-12-29(13-3-1)45-35-17-6-8-19-37(35)46(38-20-9-7-18-36(38)45)39-25-24-31(32-14-4-5-15-33(32)39)30-22-23-41-44(28-30)49-43-27-26-40-34-16-10-11-21-42(34)50-48(40)47(41)43/h1-28H. The highest BCUT2D eigenvalue weighted by molar-refractivity contribution is 7.29. The lowest BCUT2D eigenvalue weighted by Crippen LogP contribution is -1.92. The molecule has 2 heterocycles. The zero-order chi connectivity index (χ0) is 32.8. The first-order chi connectivity index (χ1) is 24.8. The Kier molecular flexibility index (Phi) is 6.09. The lowest BCUT2D eigenvalue weighted by Gasteiger charge is -2.19. The average molecular weight is 669 g/mol. The number of benzene rings is 9. The van der Waals surface area contributed by atoms with E-state index in [2.05, 4.69) is 170 Å². The van der Waals surface area contributed by atoms with Gasteiger partial charge in [-0.1, -0.05) is 152 Å². The molecular weight excluding hydrogens is 641 g/mol. The highest BCUT2D eigenvalue weighted by atomic mass is 32.1. The molecule has 0 unspecified atom stereocenters. The molecule has 232 valence electrons. The normalized spacial score (nSPS) is 12.0. The second-order valence-corrected chi connectivity index (χ2v) is 15.3. The average Bonchev–Trinajstić information content (AvgIpc) is 3.75. The summed E-state index contributed by atoms with van der Waals surface area (Å²) in [5.41, 5.74) is 7.64. The fraction of sp³-hybridized carbons (Fsp3) is 0. The highest BCUT2D eigenvalue weighted by Gasteiger charge is 2.19. The molecule has 2 heteroatoms. The molecule has 2 aromatic heterocycles. The Morgan fingerprint density at radius 1 is 0.280 bits per heavy atom. The SMILES string of the molecule is c1ccc(-c2c3ccccc3c(-c3ccc(-c4ccc5c(c4)sc4ccc6c7ccccc7sc6c45)c4ccccc34)c3ccccc23)cc1. The van der Waals surface area contributed by atoms with Gasteiger partial charge in [0, 0.05) is 40.3 Å². The van der Waals surface area contributed by atoms with Crippen LogP contribution in [0, 0.1) is 0 Å². The maximum Gasteiger partial charge on any atom is 0.0448 e. The van der Waals surface area contributed by atoms with Crippen LogP contribution in [0.3, 0.4) is 0 Å². The maximum absolute atomic E-state index is 2.42. The van der Waals surface area contributed by atoms with Gasteiger partial charge in [-0.05, 0) is 83.9 Å². The van der Waals surface area contributed by atoms with Crippen LogP contribution in [0.1, 0.15) is 0 Å². The molecule has 9 aromatic carbocycles. The Morgan fingerprint density at radius 2 is 0.840 bits per heavy atom. The van der Waals surface area contributed by atoms with Crippen LogP contribution in [0.5, 0.6) is 0 Å². The Bertz CT molecular complexity index is 3080. The summed E-state index contributed by atoms with van der Waals surface area (Å²) in [5, 5.41) is 13.1. The van der Waals surface area contributed by atoms with E-state index in [9.17, 15) is 0 Å². The molecular formula is C48H28S2. The van der Waals surface area contributed by atoms with E-state index in [4.69, 9.17) is 0 Å². The van der Waals surface area contributed by atoms with E-state index in [1.807, 2.05) is 22.7 Å². The van der Waals surface area contributed by atoms with E-state index < -0.39 is 0 Å². The predicted molar refractivity (Wildman–Crippen MR) is 221 cm³/mol. The van der Waals surface area contributed by atoms with Gasteiger partial charge in [-0.25, -0.2) is 0 Å². The topological polar surface area (TPSA) is 0 Å². The zero-order valence-corrected chi connectivity index (χ0v) is 28.6. The Balaban J connectivity index is 1.14. The Morgan fingerprint density at radius 3 is 1.56 bits per heavy atom. The third kappa shape index (κ3) is 4.04. The maximum atomic E-state index is 2.42. The summed E-state index contributed by atoms with van der Waals surface area (Å²) in [6.07, 6.45) is 0. The van der Waals surface area contributed by atoms with Crippen molar-refractivity contribution in [1.29, 1.82) is 0 Å². The number of rotatable bonds is 3. The zero-order valence-electron chi connectivity index (χ0n) is 27.0. The van der Waals surface area contributed by atoms with E-state index in [0.717, 1.165) is 0 Å². The van der Waals surface area contributed by atoms with Crippen LogP contribution >= 0.6 is 22.7 Å². The Hall–Kier alpha value is -5.80. The third-order valence-corrected chi connectivity index (χ3v) is 12.8. The molecule has 0 nitrogen and oxygen atoms in total. The molecule has 0 spiro atoms. The molecule has 0 fully saturated rings. The van der Waals surface area contributed by atoms with Crippen LogP contribution in [0.15, 0.2) is 170 Å². The smallest absolute Gasteiger partial charge is 0.0448 e. The molecule has 0 aliphatic carbocycles. The molecule has 0 saturated carbocycles. The minimum absolute atomic E-state index is 1.25. The lowest BCUT2D eigenvalue weighted by molar-refractivity contribution is 1.66. The monoisotopic (exact) mass is 668 g/mol. The predicted octanol–water partition coefficient (Wildman–Crippen LogP) is 14.9. The molecule has 0 amide bonds. The van der Waals surface area contributed by atoms with Crippen molar-refractivity contribution < 1.29 is 0 Å². The summed E-state index contributed by atoms with van der Waals surface area (Å²) in [4.78, 5) is 0. The van der Waals surface area contributed by atoms with Gasteiger partial charge in [0.1, 0.15) is 0 Å². The molecule has 0 aliphatic rings. The Labute approximate surface area is 297 Å². The molecule has 11 rings (SSSR count). The van der Waals surface area contributed by atoms with Crippen molar-refractivity contribution in [3.63, 3.8) is 0 Å². The third-order valence-electron chi connectivity index (χ3n) is 10.5. The fourth-order valence-electron chi connectivity index (χ4n) is 8.31. The first-order valence-corrected chi connectivity index (χ1v) is 18.7. The second-order valence-electron chi connectivity index (χ2n) is 13.1. The van der Waals surface area contributed by atoms with Gasteiger partial charge in [-0.3, -0.25) is 0 Å². The van der Waals surface area contributed by atoms with Gasteiger partial charge < -0.3 is 0 Å². The quantitative estimate of drug-likeness (QED) is 0.164. The summed E-state index contributed by atoms with van der Waals surface area (Å²) < 4.78 is 5.45. The first-order valence-electron chi connectivity index (χ1n) is 17.1. The van der Waals surface area contributed by atoms with Crippen molar-refractivity contribution in [3.05, 3.63) is 170 Å². The van der Waals surface area contributed by atoms with E-state index in [0.29, 0.717) is 0 Å². The molecule has 11 aromatic rings. The van der Waals surface area contributed by atoms with Crippen LogP contribution in [0.4, 0.5) is 0 Å². The van der Waals surface area contributed by atoms with Crippen molar-refractivity contribution in [2.45, 2.75) is 0 Å². The lowest BCUT2D eigenvalue weighted by atomic mass is 9.84. The van der Waals surface area contributed by atoms with Gasteiger partial charge >= 0.3 is 0 Å². The van der Waals surface area contributed by atoms with Gasteiger partial charge in [0.05, 0.1) is 0 Å². The van der Waals surface area contributed by atoms with Gasteiger partial charge in [0.15, 0.2) is 0 Å². The van der Waals surface area contributed by atoms with Gasteiger partial charge in [-0.2, -0.15) is 0 Å². The van der Waals surface area contributed by atoms with Crippen molar-refractivity contribution in [2.24, 2.45) is 0 Å². The summed E-state index contributed by atoms with van der Waals surface area (Å²) >= 11 is 3.83. The van der Waals surface area contributed by atoms with E-state index in [-0.39, 0.29) is 0 Å². The molecule has 0 bridgehead atoms. The van der Waals surface area contributed by atoms with Crippen LogP contribution in [-0.2, 0) is 0 Å². The summed E-state index contributed by atoms with van der Waals surface area (Å²) in [6, 6.07) is 63.0. The summed E-state index contributed by atoms with van der Waals surface area (Å²) in [7, 11) is 0. The van der Waals surface area contributed by atoms with Gasteiger partial charge in [0.25, 0.3) is 0 Å². The molecule has 0 radical (unpaired) electrons.